The molecule has 224 valence electrons. The highest BCUT2D eigenvalue weighted by Gasteiger charge is 2.23. The van der Waals surface area contributed by atoms with E-state index < -0.39 is 0 Å². The van der Waals surface area contributed by atoms with Gasteiger partial charge in [0.25, 0.3) is 0 Å². The number of carbonyl (C=O) groups is 1. The number of nitrogens with one attached hydrogen (secondary N) is 2. The monoisotopic (exact) mass is 604 g/mol. The minimum Gasteiger partial charge on any atom is -0.466 e. The molecule has 1 atom stereocenters. The molecule has 2 N–H and O–H groups in total. The SMILES string of the molecule is CNC(=O)NCC1CCN(Cc2cc(OC3C=NC(N4CCN(C)CC4)=NC3)nc(C(/C=C(\C)Cl)=C/CCl)c2)CC1. The molecule has 0 spiro atoms. The normalized spacial score (nSPS) is 21.5. The molecule has 1 unspecified atom stereocenters. The molecule has 2 fully saturated rings. The summed E-state index contributed by atoms with van der Waals surface area (Å²) in [5, 5.41) is 6.19. The smallest absolute Gasteiger partial charge is 0.314 e. The van der Waals surface area contributed by atoms with Gasteiger partial charge in [-0.2, -0.15) is 0 Å². The Kier molecular flexibility index (Phi) is 11.9. The van der Waals surface area contributed by atoms with Crippen molar-refractivity contribution in [2.45, 2.75) is 32.4 Å². The fraction of sp³-hybridized carbons (Fsp3) is 0.586. The molecule has 0 bridgehead atoms. The predicted molar refractivity (Wildman–Crippen MR) is 167 cm³/mol. The van der Waals surface area contributed by atoms with Crippen molar-refractivity contribution in [2.75, 3.05) is 72.3 Å². The van der Waals surface area contributed by atoms with Crippen LogP contribution in [0, 0.1) is 5.92 Å². The van der Waals surface area contributed by atoms with E-state index in [1.807, 2.05) is 31.4 Å². The lowest BCUT2D eigenvalue weighted by atomic mass is 9.96. The largest absolute Gasteiger partial charge is 0.466 e. The topological polar surface area (TPSA) is 97.7 Å². The third-order valence-corrected chi connectivity index (χ3v) is 7.79. The minimum absolute atomic E-state index is 0.129. The Morgan fingerprint density at radius 3 is 2.56 bits per heavy atom. The molecule has 2 saturated heterocycles. The fourth-order valence-electron chi connectivity index (χ4n) is 5.15. The van der Waals surface area contributed by atoms with Gasteiger partial charge >= 0.3 is 6.03 Å². The van der Waals surface area contributed by atoms with Crippen molar-refractivity contribution in [1.29, 1.82) is 0 Å². The van der Waals surface area contributed by atoms with Crippen LogP contribution >= 0.6 is 23.2 Å². The molecule has 2 amide bonds. The van der Waals surface area contributed by atoms with Crippen LogP contribution in [0.3, 0.4) is 0 Å². The van der Waals surface area contributed by atoms with Crippen LogP contribution in [0.25, 0.3) is 5.57 Å². The molecule has 0 radical (unpaired) electrons. The number of hydrogen-bond donors (Lipinski definition) is 2. The van der Waals surface area contributed by atoms with Crippen molar-refractivity contribution in [3.63, 3.8) is 0 Å². The van der Waals surface area contributed by atoms with Gasteiger partial charge in [-0.25, -0.2) is 19.8 Å². The number of allylic oxidation sites excluding steroid dienone is 4. The van der Waals surface area contributed by atoms with Gasteiger partial charge in [0, 0.05) is 63.3 Å². The Hall–Kier alpha value is -2.66. The van der Waals surface area contributed by atoms with E-state index in [2.05, 4.69) is 43.4 Å². The van der Waals surface area contributed by atoms with Crippen molar-refractivity contribution in [3.05, 3.63) is 40.6 Å². The molecule has 10 nitrogen and oxygen atoms in total. The number of ether oxygens (including phenoxy) is 1. The van der Waals surface area contributed by atoms with Crippen LogP contribution in [0.4, 0.5) is 4.79 Å². The van der Waals surface area contributed by atoms with Crippen LogP contribution in [-0.4, -0.2) is 116 Å². The van der Waals surface area contributed by atoms with E-state index in [0.29, 0.717) is 35.8 Å². The summed E-state index contributed by atoms with van der Waals surface area (Å²) in [7, 11) is 3.77. The number of halogens is 2. The lowest BCUT2D eigenvalue weighted by molar-refractivity contribution is 0.174. The Labute approximate surface area is 253 Å². The zero-order valence-electron chi connectivity index (χ0n) is 24.3. The molecule has 4 heterocycles. The number of nitrogens with zero attached hydrogens (tertiary/aromatic N) is 6. The summed E-state index contributed by atoms with van der Waals surface area (Å²) in [6, 6.07) is 3.96. The summed E-state index contributed by atoms with van der Waals surface area (Å²) in [5.41, 5.74) is 2.71. The number of urea groups is 1. The van der Waals surface area contributed by atoms with E-state index in [9.17, 15) is 4.79 Å². The number of likely N-dealkylation sites (tertiary alicyclic amines) is 1. The molecule has 41 heavy (non-hydrogen) atoms. The molecular weight excluding hydrogens is 563 g/mol. The average Bonchev–Trinajstić information content (AvgIpc) is 2.97. The molecule has 3 aliphatic heterocycles. The molecule has 0 aromatic carbocycles. The van der Waals surface area contributed by atoms with Crippen LogP contribution in [-0.2, 0) is 6.54 Å². The minimum atomic E-state index is -0.295. The number of alkyl halides is 1. The number of amides is 2. The number of piperazine rings is 1. The first-order chi connectivity index (χ1) is 19.8. The Morgan fingerprint density at radius 2 is 1.93 bits per heavy atom. The van der Waals surface area contributed by atoms with Crippen LogP contribution in [0.2, 0.25) is 0 Å². The van der Waals surface area contributed by atoms with E-state index in [4.69, 9.17) is 37.9 Å². The first-order valence-electron chi connectivity index (χ1n) is 14.3. The van der Waals surface area contributed by atoms with Gasteiger partial charge in [0.05, 0.1) is 18.5 Å². The zero-order valence-corrected chi connectivity index (χ0v) is 25.8. The summed E-state index contributed by atoms with van der Waals surface area (Å²) in [5.74, 6) is 2.13. The van der Waals surface area contributed by atoms with E-state index >= 15 is 0 Å². The second-order valence-electron chi connectivity index (χ2n) is 10.8. The zero-order chi connectivity index (χ0) is 29.2. The number of rotatable bonds is 9. The average molecular weight is 606 g/mol. The lowest BCUT2D eigenvalue weighted by Gasteiger charge is -2.34. The molecule has 3 aliphatic rings. The molecule has 12 heteroatoms. The summed E-state index contributed by atoms with van der Waals surface area (Å²) in [6.45, 7) is 9.58. The van der Waals surface area contributed by atoms with Gasteiger partial charge in [-0.3, -0.25) is 4.90 Å². The van der Waals surface area contributed by atoms with Crippen molar-refractivity contribution in [3.8, 4) is 5.88 Å². The number of likely N-dealkylation sites (N-methyl/N-ethyl adjacent to an activating group) is 1. The van der Waals surface area contributed by atoms with Crippen LogP contribution < -0.4 is 15.4 Å². The Bertz CT molecular complexity index is 1150. The Balaban J connectivity index is 1.44. The number of piperidine rings is 1. The number of carbonyl (C=O) groups excluding carboxylic acids is 1. The Morgan fingerprint density at radius 1 is 1.17 bits per heavy atom. The van der Waals surface area contributed by atoms with Gasteiger partial charge in [-0.1, -0.05) is 17.7 Å². The van der Waals surface area contributed by atoms with Crippen LogP contribution in [0.15, 0.2) is 39.3 Å². The molecule has 0 aliphatic carbocycles. The van der Waals surface area contributed by atoms with Crippen LogP contribution in [0.1, 0.15) is 31.0 Å². The second-order valence-corrected chi connectivity index (χ2v) is 11.7. The van der Waals surface area contributed by atoms with Crippen molar-refractivity contribution in [2.24, 2.45) is 15.9 Å². The molecule has 1 aromatic rings. The predicted octanol–water partition coefficient (Wildman–Crippen LogP) is 3.42. The summed E-state index contributed by atoms with van der Waals surface area (Å²) in [4.78, 5) is 32.7. The van der Waals surface area contributed by atoms with E-state index in [-0.39, 0.29) is 12.1 Å². The van der Waals surface area contributed by atoms with Gasteiger partial charge in [-0.05, 0) is 69.1 Å². The van der Waals surface area contributed by atoms with Gasteiger partial charge in [0.2, 0.25) is 11.8 Å². The van der Waals surface area contributed by atoms with Gasteiger partial charge in [0.15, 0.2) is 6.10 Å². The number of pyridine rings is 1. The molecule has 1 aromatic heterocycles. The molecule has 4 rings (SSSR count). The number of guanidine groups is 1. The number of hydrogen-bond acceptors (Lipinski definition) is 8. The van der Waals surface area contributed by atoms with E-state index in [1.165, 1.54) is 0 Å². The second kappa shape index (κ2) is 15.5. The standard InChI is InChI=1S/C29H42Cl2N8O2/c1-21(31)14-24(4-7-30)26-15-23(20-38-8-5-22(6-9-38)17-35-29(40)32-2)16-27(36-26)41-25-18-33-28(34-19-25)39-12-10-37(3)11-13-39/h4,14-16,18,22,25H,5-13,17,19-20H2,1-3H3,(H2,32,35,40)/b21-14+,24-4+. The third kappa shape index (κ3) is 9.70. The summed E-state index contributed by atoms with van der Waals surface area (Å²) in [6.07, 6.45) is 7.38. The molecule has 0 saturated carbocycles. The lowest BCUT2D eigenvalue weighted by Crippen LogP contribution is -2.47. The highest BCUT2D eigenvalue weighted by Crippen LogP contribution is 2.25. The van der Waals surface area contributed by atoms with Gasteiger partial charge in [0.1, 0.15) is 0 Å². The number of aliphatic imine (C=N–C) groups is 2. The van der Waals surface area contributed by atoms with Crippen molar-refractivity contribution in [1.82, 2.24) is 30.3 Å². The van der Waals surface area contributed by atoms with Crippen molar-refractivity contribution >= 4 is 47.0 Å². The first kappa shape index (κ1) is 31.3. The number of aromatic nitrogens is 1. The third-order valence-electron chi connectivity index (χ3n) is 7.53. The fourth-order valence-corrected chi connectivity index (χ4v) is 5.43. The quantitative estimate of drug-likeness (QED) is 0.331. The summed E-state index contributed by atoms with van der Waals surface area (Å²) < 4.78 is 6.32. The van der Waals surface area contributed by atoms with Crippen LogP contribution in [0.5, 0.6) is 5.88 Å². The highest BCUT2D eigenvalue weighted by molar-refractivity contribution is 6.30. The molecular formula is C29H42Cl2N8O2. The first-order valence-corrected chi connectivity index (χ1v) is 15.2. The van der Waals surface area contributed by atoms with E-state index in [0.717, 1.165) is 81.4 Å². The van der Waals surface area contributed by atoms with Crippen molar-refractivity contribution < 1.29 is 9.53 Å². The maximum Gasteiger partial charge on any atom is 0.314 e. The van der Waals surface area contributed by atoms with Gasteiger partial charge in [-0.15, -0.1) is 11.6 Å². The maximum absolute atomic E-state index is 11.5. The summed E-state index contributed by atoms with van der Waals surface area (Å²) >= 11 is 12.3. The highest BCUT2D eigenvalue weighted by atomic mass is 35.5. The maximum atomic E-state index is 11.5. The van der Waals surface area contributed by atoms with E-state index in [1.54, 1.807) is 7.05 Å². The van der Waals surface area contributed by atoms with Gasteiger partial charge < -0.3 is 25.2 Å².